The Morgan fingerprint density at radius 2 is 2.16 bits per heavy atom. The molecule has 3 nitrogen and oxygen atoms in total. The molecule has 4 heteroatoms. The fourth-order valence-corrected chi connectivity index (χ4v) is 2.67. The molecule has 3 rings (SSSR count). The third-order valence-electron chi connectivity index (χ3n) is 3.06. The summed E-state index contributed by atoms with van der Waals surface area (Å²) in [6.45, 7) is 0.695. The average molecular weight is 315 g/mol. The zero-order valence-electron chi connectivity index (χ0n) is 10.1. The van der Waals surface area contributed by atoms with Gasteiger partial charge in [0.05, 0.1) is 5.52 Å². The largest absolute Gasteiger partial charge is 0.342 e. The molecular weight excluding hydrogens is 304 g/mol. The summed E-state index contributed by atoms with van der Waals surface area (Å²) in [5.74, 6) is 0. The second-order valence-electron chi connectivity index (χ2n) is 4.36. The predicted molar refractivity (Wildman–Crippen MR) is 78.4 cm³/mol. The van der Waals surface area contributed by atoms with Crippen LogP contribution in [0.2, 0.25) is 0 Å². The molecule has 0 spiro atoms. The molecule has 19 heavy (non-hydrogen) atoms. The van der Waals surface area contributed by atoms with Crippen LogP contribution >= 0.6 is 15.9 Å². The minimum absolute atomic E-state index is 0.695. The molecule has 0 aliphatic heterocycles. The van der Waals surface area contributed by atoms with E-state index in [1.165, 1.54) is 0 Å². The number of fused-ring (bicyclic) bond motifs is 1. The molecule has 0 aliphatic rings. The van der Waals surface area contributed by atoms with Gasteiger partial charge in [-0.1, -0.05) is 12.1 Å². The molecule has 94 valence electrons. The van der Waals surface area contributed by atoms with Crippen LogP contribution in [0.3, 0.4) is 0 Å². The second kappa shape index (κ2) is 4.97. The first kappa shape index (κ1) is 12.1. The van der Waals surface area contributed by atoms with Gasteiger partial charge in [0.2, 0.25) is 0 Å². The van der Waals surface area contributed by atoms with E-state index in [0.717, 1.165) is 27.2 Å². The molecule has 0 radical (unpaired) electrons. The Balaban J connectivity index is 2.08. The maximum Gasteiger partial charge on any atom is 0.152 e. The van der Waals surface area contributed by atoms with Crippen LogP contribution in [0.25, 0.3) is 10.9 Å². The molecular formula is C15H11BrN2O. The smallest absolute Gasteiger partial charge is 0.152 e. The summed E-state index contributed by atoms with van der Waals surface area (Å²) in [4.78, 5) is 15.3. The highest BCUT2D eigenvalue weighted by Crippen LogP contribution is 2.21. The van der Waals surface area contributed by atoms with E-state index in [-0.39, 0.29) is 0 Å². The van der Waals surface area contributed by atoms with Gasteiger partial charge in [-0.3, -0.25) is 9.78 Å². The summed E-state index contributed by atoms with van der Waals surface area (Å²) in [6.07, 6.45) is 6.49. The first-order chi connectivity index (χ1) is 9.28. The Labute approximate surface area is 119 Å². The molecule has 0 fully saturated rings. The zero-order valence-corrected chi connectivity index (χ0v) is 11.7. The monoisotopic (exact) mass is 314 g/mol. The lowest BCUT2D eigenvalue weighted by molar-refractivity contribution is 0.112. The lowest BCUT2D eigenvalue weighted by atomic mass is 10.1. The highest BCUT2D eigenvalue weighted by Gasteiger charge is 2.06. The topological polar surface area (TPSA) is 34.9 Å². The molecule has 0 unspecified atom stereocenters. The maximum absolute atomic E-state index is 11.1. The number of para-hydroxylation sites is 1. The van der Waals surface area contributed by atoms with Crippen molar-refractivity contribution in [1.29, 1.82) is 0 Å². The molecule has 0 saturated heterocycles. The summed E-state index contributed by atoms with van der Waals surface area (Å²) in [6, 6.07) is 9.80. The van der Waals surface area contributed by atoms with E-state index in [2.05, 4.69) is 25.5 Å². The van der Waals surface area contributed by atoms with Gasteiger partial charge in [-0.2, -0.15) is 0 Å². The van der Waals surface area contributed by atoms with Gasteiger partial charge in [0.15, 0.2) is 6.29 Å². The van der Waals surface area contributed by atoms with Crippen LogP contribution in [-0.4, -0.2) is 15.8 Å². The summed E-state index contributed by atoms with van der Waals surface area (Å²) >= 11 is 3.42. The number of carbonyl (C=O) groups is 1. The Kier molecular flexibility index (Phi) is 3.17. The number of aldehydes is 1. The van der Waals surface area contributed by atoms with Crippen LogP contribution < -0.4 is 0 Å². The van der Waals surface area contributed by atoms with Gasteiger partial charge >= 0.3 is 0 Å². The number of benzene rings is 1. The third kappa shape index (κ3) is 2.31. The van der Waals surface area contributed by atoms with Crippen LogP contribution in [0.4, 0.5) is 0 Å². The van der Waals surface area contributed by atoms with E-state index in [0.29, 0.717) is 12.1 Å². The van der Waals surface area contributed by atoms with E-state index in [1.807, 2.05) is 42.7 Å². The number of hydrogen-bond acceptors (Lipinski definition) is 2. The van der Waals surface area contributed by atoms with Crippen molar-refractivity contribution in [2.24, 2.45) is 0 Å². The normalized spacial score (nSPS) is 10.8. The lowest BCUT2D eigenvalue weighted by Crippen LogP contribution is -2.00. The third-order valence-corrected chi connectivity index (χ3v) is 3.49. The van der Waals surface area contributed by atoms with Crippen LogP contribution in [0, 0.1) is 0 Å². The van der Waals surface area contributed by atoms with Crippen LogP contribution in [-0.2, 0) is 6.54 Å². The summed E-state index contributed by atoms with van der Waals surface area (Å²) in [7, 11) is 0. The maximum atomic E-state index is 11.1. The standard InChI is InChI=1S/C15H11BrN2O/c16-14-6-11(7-17-8-14)9-18-5-4-12-2-1-3-13(10-19)15(12)18/h1-8,10H,9H2. The number of hydrogen-bond donors (Lipinski definition) is 0. The summed E-state index contributed by atoms with van der Waals surface area (Å²) in [5, 5.41) is 1.08. The molecule has 0 atom stereocenters. The van der Waals surface area contributed by atoms with Gasteiger partial charge < -0.3 is 4.57 Å². The van der Waals surface area contributed by atoms with Crippen molar-refractivity contribution in [3.05, 3.63) is 64.5 Å². The van der Waals surface area contributed by atoms with Crippen LogP contribution in [0.1, 0.15) is 15.9 Å². The van der Waals surface area contributed by atoms with Gasteiger partial charge in [0.25, 0.3) is 0 Å². The molecule has 2 aromatic heterocycles. The lowest BCUT2D eigenvalue weighted by Gasteiger charge is -2.07. The van der Waals surface area contributed by atoms with Crippen molar-refractivity contribution < 1.29 is 4.79 Å². The van der Waals surface area contributed by atoms with Gasteiger partial charge in [0.1, 0.15) is 0 Å². The molecule has 0 amide bonds. The van der Waals surface area contributed by atoms with Gasteiger partial charge in [-0.25, -0.2) is 0 Å². The van der Waals surface area contributed by atoms with Crippen molar-refractivity contribution in [1.82, 2.24) is 9.55 Å². The van der Waals surface area contributed by atoms with Crippen LogP contribution in [0.15, 0.2) is 53.4 Å². The number of carbonyl (C=O) groups excluding carboxylic acids is 1. The predicted octanol–water partition coefficient (Wildman–Crippen LogP) is 3.66. The van der Waals surface area contributed by atoms with Crippen LogP contribution in [0.5, 0.6) is 0 Å². The molecule has 2 heterocycles. The SMILES string of the molecule is O=Cc1cccc2ccn(Cc3cncc(Br)c3)c12. The fraction of sp³-hybridized carbons (Fsp3) is 0.0667. The fourth-order valence-electron chi connectivity index (χ4n) is 2.26. The van der Waals surface area contributed by atoms with Crippen molar-refractivity contribution in [3.8, 4) is 0 Å². The molecule has 3 aromatic rings. The molecule has 0 bridgehead atoms. The van der Waals surface area contributed by atoms with Gasteiger partial charge in [-0.15, -0.1) is 0 Å². The second-order valence-corrected chi connectivity index (χ2v) is 5.27. The number of rotatable bonds is 3. The highest BCUT2D eigenvalue weighted by atomic mass is 79.9. The Hall–Kier alpha value is -1.94. The van der Waals surface area contributed by atoms with E-state index < -0.39 is 0 Å². The molecule has 1 aromatic carbocycles. The van der Waals surface area contributed by atoms with Crippen molar-refractivity contribution in [2.45, 2.75) is 6.54 Å². The minimum Gasteiger partial charge on any atom is -0.342 e. The quantitative estimate of drug-likeness (QED) is 0.691. The summed E-state index contributed by atoms with van der Waals surface area (Å²) in [5.41, 5.74) is 2.77. The van der Waals surface area contributed by atoms with E-state index in [4.69, 9.17) is 0 Å². The summed E-state index contributed by atoms with van der Waals surface area (Å²) < 4.78 is 3.03. The van der Waals surface area contributed by atoms with Crippen molar-refractivity contribution >= 4 is 33.1 Å². The van der Waals surface area contributed by atoms with Gasteiger partial charge in [0, 0.05) is 40.6 Å². The molecule has 0 N–H and O–H groups in total. The molecule has 0 aliphatic carbocycles. The minimum atomic E-state index is 0.695. The number of halogens is 1. The highest BCUT2D eigenvalue weighted by molar-refractivity contribution is 9.10. The Morgan fingerprint density at radius 1 is 1.26 bits per heavy atom. The number of aromatic nitrogens is 2. The number of pyridine rings is 1. The zero-order chi connectivity index (χ0) is 13.2. The van der Waals surface area contributed by atoms with E-state index >= 15 is 0 Å². The van der Waals surface area contributed by atoms with Gasteiger partial charge in [-0.05, 0) is 39.7 Å². The van der Waals surface area contributed by atoms with E-state index in [9.17, 15) is 4.79 Å². The van der Waals surface area contributed by atoms with Crippen molar-refractivity contribution in [2.75, 3.05) is 0 Å². The number of nitrogens with zero attached hydrogens (tertiary/aromatic N) is 2. The average Bonchev–Trinajstić information content (AvgIpc) is 2.82. The molecule has 0 saturated carbocycles. The van der Waals surface area contributed by atoms with E-state index in [1.54, 1.807) is 6.20 Å². The first-order valence-corrected chi connectivity index (χ1v) is 6.70. The van der Waals surface area contributed by atoms with Crippen molar-refractivity contribution in [3.63, 3.8) is 0 Å². The first-order valence-electron chi connectivity index (χ1n) is 5.90. The Morgan fingerprint density at radius 3 is 2.95 bits per heavy atom. The Bertz CT molecular complexity index is 749.